The summed E-state index contributed by atoms with van der Waals surface area (Å²) in [5, 5.41) is 14.9. The fraction of sp³-hybridized carbons (Fsp3) is 0.471. The van der Waals surface area contributed by atoms with E-state index in [1.807, 2.05) is 18.7 Å². The summed E-state index contributed by atoms with van der Waals surface area (Å²) in [6.45, 7) is 8.23. The Hall–Kier alpha value is -1.61. The average molecular weight is 272 g/mol. The highest BCUT2D eigenvalue weighted by atomic mass is 16.3. The van der Waals surface area contributed by atoms with Crippen molar-refractivity contribution in [3.8, 4) is 0 Å². The number of hydrogen-bond donors (Lipinski definition) is 1. The number of hydrogen-bond acceptors (Lipinski definition) is 2. The lowest BCUT2D eigenvalue weighted by atomic mass is 9.96. The van der Waals surface area contributed by atoms with Crippen molar-refractivity contribution in [3.63, 3.8) is 0 Å². The summed E-state index contributed by atoms with van der Waals surface area (Å²) in [4.78, 5) is 0. The lowest BCUT2D eigenvalue weighted by Gasteiger charge is -2.14. The third-order valence-corrected chi connectivity index (χ3v) is 4.12. The van der Waals surface area contributed by atoms with Gasteiger partial charge in [-0.1, -0.05) is 23.8 Å². The Morgan fingerprint density at radius 3 is 2.50 bits per heavy atom. The molecular weight excluding hydrogens is 248 g/mol. The highest BCUT2D eigenvalue weighted by Crippen LogP contribution is 2.25. The van der Waals surface area contributed by atoms with Gasteiger partial charge in [0.1, 0.15) is 0 Å². The van der Waals surface area contributed by atoms with Gasteiger partial charge in [0.2, 0.25) is 0 Å². The van der Waals surface area contributed by atoms with Gasteiger partial charge in [-0.25, -0.2) is 0 Å². The molecule has 0 spiro atoms. The number of benzene rings is 1. The van der Waals surface area contributed by atoms with Crippen molar-refractivity contribution in [2.45, 2.75) is 46.6 Å². The van der Waals surface area contributed by atoms with Gasteiger partial charge in [-0.05, 0) is 57.2 Å². The molecule has 3 nitrogen and oxygen atoms in total. The van der Waals surface area contributed by atoms with Crippen molar-refractivity contribution in [1.82, 2.24) is 9.78 Å². The van der Waals surface area contributed by atoms with E-state index in [-0.39, 0.29) is 0 Å². The lowest BCUT2D eigenvalue weighted by molar-refractivity contribution is 0.167. The minimum absolute atomic E-state index is 0.408. The first-order valence-electron chi connectivity index (χ1n) is 7.14. The Balaban J connectivity index is 2.12. The average Bonchev–Trinajstić information content (AvgIpc) is 2.64. The van der Waals surface area contributed by atoms with Crippen LogP contribution in [-0.4, -0.2) is 14.9 Å². The normalized spacial score (nSPS) is 12.7. The highest BCUT2D eigenvalue weighted by Gasteiger charge is 2.14. The predicted molar refractivity (Wildman–Crippen MR) is 81.9 cm³/mol. The van der Waals surface area contributed by atoms with Crippen LogP contribution in [0.25, 0.3) is 0 Å². The van der Waals surface area contributed by atoms with Crippen molar-refractivity contribution < 1.29 is 5.11 Å². The first-order valence-corrected chi connectivity index (χ1v) is 7.14. The molecule has 1 unspecified atom stereocenters. The lowest BCUT2D eigenvalue weighted by Crippen LogP contribution is -2.03. The SMILES string of the molecule is Cc1ccc(C)c(C(O)CCc2c(C)nn(C)c2C)c1. The zero-order valence-electron chi connectivity index (χ0n) is 13.1. The minimum Gasteiger partial charge on any atom is -0.388 e. The van der Waals surface area contributed by atoms with Crippen LogP contribution in [0.1, 0.15) is 46.2 Å². The van der Waals surface area contributed by atoms with Gasteiger partial charge >= 0.3 is 0 Å². The third-order valence-electron chi connectivity index (χ3n) is 4.12. The van der Waals surface area contributed by atoms with Gasteiger partial charge in [0.15, 0.2) is 0 Å². The van der Waals surface area contributed by atoms with E-state index in [1.165, 1.54) is 16.8 Å². The second-order valence-electron chi connectivity index (χ2n) is 5.69. The number of aryl methyl sites for hydroxylation is 4. The molecule has 1 atom stereocenters. The Kier molecular flexibility index (Phi) is 4.29. The van der Waals surface area contributed by atoms with Crippen LogP contribution in [0.2, 0.25) is 0 Å². The standard InChI is InChI=1S/C17H24N2O/c1-11-6-7-12(2)16(10-11)17(20)9-8-15-13(3)18-19(5)14(15)4/h6-7,10,17,20H,8-9H2,1-5H3. The van der Waals surface area contributed by atoms with Crippen LogP contribution in [0.5, 0.6) is 0 Å². The van der Waals surface area contributed by atoms with E-state index >= 15 is 0 Å². The predicted octanol–water partition coefficient (Wildman–Crippen LogP) is 3.32. The van der Waals surface area contributed by atoms with E-state index in [2.05, 4.69) is 44.1 Å². The van der Waals surface area contributed by atoms with Crippen LogP contribution in [0, 0.1) is 27.7 Å². The van der Waals surface area contributed by atoms with E-state index in [0.29, 0.717) is 0 Å². The maximum absolute atomic E-state index is 10.4. The second-order valence-corrected chi connectivity index (χ2v) is 5.69. The van der Waals surface area contributed by atoms with Gasteiger partial charge in [0.05, 0.1) is 11.8 Å². The molecule has 0 aliphatic heterocycles. The first kappa shape index (κ1) is 14.8. The molecule has 0 saturated heterocycles. The molecule has 108 valence electrons. The molecule has 2 rings (SSSR count). The Labute approximate surface area is 121 Å². The molecular formula is C17H24N2O. The number of aliphatic hydroxyl groups excluding tert-OH is 1. The topological polar surface area (TPSA) is 38.1 Å². The quantitative estimate of drug-likeness (QED) is 0.927. The molecule has 1 N–H and O–H groups in total. The van der Waals surface area contributed by atoms with Gasteiger partial charge in [0, 0.05) is 12.7 Å². The van der Waals surface area contributed by atoms with Gasteiger partial charge in [-0.15, -0.1) is 0 Å². The van der Waals surface area contributed by atoms with Gasteiger partial charge in [0.25, 0.3) is 0 Å². The number of aliphatic hydroxyl groups is 1. The summed E-state index contributed by atoms with van der Waals surface area (Å²) in [5.41, 5.74) is 6.91. The zero-order chi connectivity index (χ0) is 14.9. The number of aromatic nitrogens is 2. The molecule has 0 bridgehead atoms. The summed E-state index contributed by atoms with van der Waals surface area (Å²) >= 11 is 0. The Morgan fingerprint density at radius 2 is 1.90 bits per heavy atom. The Morgan fingerprint density at radius 1 is 1.20 bits per heavy atom. The molecule has 20 heavy (non-hydrogen) atoms. The molecule has 0 fully saturated rings. The summed E-state index contributed by atoms with van der Waals surface area (Å²) in [6, 6.07) is 6.25. The van der Waals surface area contributed by atoms with Crippen LogP contribution in [-0.2, 0) is 13.5 Å². The smallest absolute Gasteiger partial charge is 0.0795 e. The fourth-order valence-corrected chi connectivity index (χ4v) is 2.73. The summed E-state index contributed by atoms with van der Waals surface area (Å²) in [5.74, 6) is 0. The van der Waals surface area contributed by atoms with Crippen molar-refractivity contribution in [2.75, 3.05) is 0 Å². The summed E-state index contributed by atoms with van der Waals surface area (Å²) in [6.07, 6.45) is 1.19. The molecule has 0 saturated carbocycles. The van der Waals surface area contributed by atoms with Crippen molar-refractivity contribution in [1.29, 1.82) is 0 Å². The van der Waals surface area contributed by atoms with Crippen molar-refractivity contribution in [2.24, 2.45) is 7.05 Å². The molecule has 3 heteroatoms. The van der Waals surface area contributed by atoms with E-state index in [9.17, 15) is 5.11 Å². The van der Waals surface area contributed by atoms with Crippen molar-refractivity contribution in [3.05, 3.63) is 51.8 Å². The molecule has 0 aliphatic rings. The fourth-order valence-electron chi connectivity index (χ4n) is 2.73. The molecule has 0 amide bonds. The molecule has 2 aromatic rings. The third kappa shape index (κ3) is 2.93. The van der Waals surface area contributed by atoms with E-state index in [1.54, 1.807) is 0 Å². The van der Waals surface area contributed by atoms with Crippen molar-refractivity contribution >= 4 is 0 Å². The van der Waals surface area contributed by atoms with Gasteiger partial charge in [-0.2, -0.15) is 5.10 Å². The van der Waals surface area contributed by atoms with Crippen LogP contribution in [0.3, 0.4) is 0 Å². The highest BCUT2D eigenvalue weighted by molar-refractivity contribution is 5.32. The molecule has 1 aromatic heterocycles. The summed E-state index contributed by atoms with van der Waals surface area (Å²) in [7, 11) is 1.97. The number of rotatable bonds is 4. The van der Waals surface area contributed by atoms with Gasteiger partial charge < -0.3 is 5.11 Å². The molecule has 0 radical (unpaired) electrons. The van der Waals surface area contributed by atoms with E-state index in [4.69, 9.17) is 0 Å². The molecule has 1 aromatic carbocycles. The van der Waals surface area contributed by atoms with Crippen LogP contribution in [0.4, 0.5) is 0 Å². The number of nitrogens with zero attached hydrogens (tertiary/aromatic N) is 2. The van der Waals surface area contributed by atoms with E-state index in [0.717, 1.165) is 29.7 Å². The maximum Gasteiger partial charge on any atom is 0.0795 e. The zero-order valence-corrected chi connectivity index (χ0v) is 13.1. The van der Waals surface area contributed by atoms with Crippen LogP contribution >= 0.6 is 0 Å². The first-order chi connectivity index (χ1) is 9.40. The second kappa shape index (κ2) is 5.80. The summed E-state index contributed by atoms with van der Waals surface area (Å²) < 4.78 is 1.91. The largest absolute Gasteiger partial charge is 0.388 e. The molecule has 1 heterocycles. The monoisotopic (exact) mass is 272 g/mol. The van der Waals surface area contributed by atoms with E-state index < -0.39 is 6.10 Å². The molecule has 0 aliphatic carbocycles. The van der Waals surface area contributed by atoms with Crippen LogP contribution < -0.4 is 0 Å². The maximum atomic E-state index is 10.4. The minimum atomic E-state index is -0.408. The van der Waals surface area contributed by atoms with Gasteiger partial charge in [-0.3, -0.25) is 4.68 Å². The van der Waals surface area contributed by atoms with Crippen LogP contribution in [0.15, 0.2) is 18.2 Å². The Bertz CT molecular complexity index is 614.